The van der Waals surface area contributed by atoms with E-state index in [1.807, 2.05) is 26.0 Å². The second-order valence-corrected chi connectivity index (χ2v) is 4.46. The van der Waals surface area contributed by atoms with Crippen molar-refractivity contribution in [3.05, 3.63) is 28.8 Å². The molecule has 1 atom stereocenters. The Labute approximate surface area is 112 Å². The van der Waals surface area contributed by atoms with Gasteiger partial charge < -0.3 is 4.55 Å². The van der Waals surface area contributed by atoms with Crippen LogP contribution in [0.1, 0.15) is 37.5 Å². The Hall–Kier alpha value is -0.0726. The van der Waals surface area contributed by atoms with E-state index in [-0.39, 0.29) is 18.9 Å². The van der Waals surface area contributed by atoms with Crippen molar-refractivity contribution in [1.82, 2.24) is 0 Å². The van der Waals surface area contributed by atoms with Gasteiger partial charge in [-0.1, -0.05) is 32.9 Å². The van der Waals surface area contributed by atoms with E-state index in [2.05, 4.69) is 6.92 Å². The molecule has 1 N–H and O–H groups in total. The van der Waals surface area contributed by atoms with Crippen molar-refractivity contribution in [1.29, 1.82) is 0 Å². The van der Waals surface area contributed by atoms with Crippen molar-refractivity contribution in [3.8, 4) is 0 Å². The van der Waals surface area contributed by atoms with Crippen LogP contribution in [0.15, 0.2) is 17.0 Å². The molecule has 0 bridgehead atoms. The Balaban J connectivity index is 0.00000225. The first-order valence-corrected chi connectivity index (χ1v) is 6.50. The van der Waals surface area contributed by atoms with Gasteiger partial charge in [0.15, 0.2) is 11.1 Å². The Morgan fingerprint density at radius 3 is 1.75 bits per heavy atom. The zero-order chi connectivity index (χ0) is 11.4. The Kier molecular flexibility index (Phi) is 7.26. The fourth-order valence-corrected chi connectivity index (χ4v) is 2.64. The first-order valence-electron chi connectivity index (χ1n) is 5.39. The molecule has 0 spiro atoms. The number of hydrogen-bond acceptors (Lipinski definition) is 1. The predicted octanol–water partition coefficient (Wildman–Crippen LogP) is 2.31. The van der Waals surface area contributed by atoms with Crippen LogP contribution in [0.4, 0.5) is 0 Å². The molecule has 0 saturated carbocycles. The van der Waals surface area contributed by atoms with E-state index in [0.717, 1.165) is 30.4 Å². The zero-order valence-corrected chi connectivity index (χ0v) is 10.4. The van der Waals surface area contributed by atoms with Gasteiger partial charge in [0.05, 0.1) is 4.90 Å². The summed E-state index contributed by atoms with van der Waals surface area (Å²) in [6, 6.07) is 4.09. The Morgan fingerprint density at radius 1 is 1.06 bits per heavy atom. The molecule has 0 amide bonds. The molecular formula is C12H19LiO2S. The predicted molar refractivity (Wildman–Crippen MR) is 70.8 cm³/mol. The van der Waals surface area contributed by atoms with E-state index >= 15 is 0 Å². The van der Waals surface area contributed by atoms with E-state index in [9.17, 15) is 8.76 Å². The first kappa shape index (κ1) is 15.9. The molecule has 0 fully saturated rings. The number of benzene rings is 1. The second kappa shape index (κ2) is 7.29. The van der Waals surface area contributed by atoms with Crippen molar-refractivity contribution in [2.45, 2.75) is 44.9 Å². The molecule has 1 unspecified atom stereocenters. The van der Waals surface area contributed by atoms with Gasteiger partial charge in [-0.25, -0.2) is 4.21 Å². The standard InChI is InChI=1S/C12H18O2S.Li.H/c1-4-9-7-10(5-2)12(15(13)14)11(6-3)8-9;;/h7-8H,4-6H2,1-3H3,(H,13,14);;. The fraction of sp³-hybridized carbons (Fsp3) is 0.500. The van der Waals surface area contributed by atoms with E-state index in [4.69, 9.17) is 0 Å². The molecule has 0 aliphatic rings. The van der Waals surface area contributed by atoms with Crippen LogP contribution in [0.5, 0.6) is 0 Å². The number of rotatable bonds is 4. The quantitative estimate of drug-likeness (QED) is 0.641. The van der Waals surface area contributed by atoms with Gasteiger partial charge in [0.1, 0.15) is 0 Å². The molecule has 1 aromatic rings. The van der Waals surface area contributed by atoms with E-state index in [1.165, 1.54) is 5.56 Å². The summed E-state index contributed by atoms with van der Waals surface area (Å²) in [6.07, 6.45) is 2.59. The summed E-state index contributed by atoms with van der Waals surface area (Å²) < 4.78 is 20.6. The molecule has 0 radical (unpaired) electrons. The monoisotopic (exact) mass is 234 g/mol. The van der Waals surface area contributed by atoms with Crippen LogP contribution in [0.2, 0.25) is 0 Å². The van der Waals surface area contributed by atoms with E-state index in [1.54, 1.807) is 0 Å². The van der Waals surface area contributed by atoms with E-state index in [0.29, 0.717) is 4.90 Å². The molecule has 0 aromatic heterocycles. The average Bonchev–Trinajstić information content (AvgIpc) is 2.26. The molecule has 4 heteroatoms. The summed E-state index contributed by atoms with van der Waals surface area (Å²) in [5, 5.41) is 0. The maximum atomic E-state index is 11.3. The Bertz CT molecular complexity index is 352. The first-order chi connectivity index (χ1) is 7.13. The van der Waals surface area contributed by atoms with Gasteiger partial charge >= 0.3 is 18.9 Å². The molecule has 2 nitrogen and oxygen atoms in total. The third-order valence-electron chi connectivity index (χ3n) is 2.65. The van der Waals surface area contributed by atoms with Gasteiger partial charge in [-0.05, 0) is 36.0 Å². The van der Waals surface area contributed by atoms with Crippen LogP contribution in [-0.2, 0) is 30.3 Å². The van der Waals surface area contributed by atoms with Gasteiger partial charge in [-0.3, -0.25) is 0 Å². The van der Waals surface area contributed by atoms with Gasteiger partial charge in [0, 0.05) is 0 Å². The molecule has 0 aliphatic carbocycles. The summed E-state index contributed by atoms with van der Waals surface area (Å²) in [5.74, 6) is 0. The van der Waals surface area contributed by atoms with Crippen LogP contribution in [0.25, 0.3) is 0 Å². The van der Waals surface area contributed by atoms with Gasteiger partial charge in [0.2, 0.25) is 0 Å². The molecule has 86 valence electrons. The fourth-order valence-electron chi connectivity index (χ4n) is 1.78. The number of aryl methyl sites for hydroxylation is 3. The van der Waals surface area contributed by atoms with Crippen LogP contribution >= 0.6 is 0 Å². The molecule has 1 rings (SSSR count). The third kappa shape index (κ3) is 3.46. The zero-order valence-electron chi connectivity index (χ0n) is 9.54. The van der Waals surface area contributed by atoms with Crippen molar-refractivity contribution in [2.75, 3.05) is 0 Å². The van der Waals surface area contributed by atoms with Crippen LogP contribution < -0.4 is 0 Å². The van der Waals surface area contributed by atoms with Crippen LogP contribution in [0, 0.1) is 0 Å². The van der Waals surface area contributed by atoms with Crippen molar-refractivity contribution >= 4 is 29.9 Å². The second-order valence-electron chi connectivity index (χ2n) is 3.55. The molecular weight excluding hydrogens is 215 g/mol. The molecule has 0 heterocycles. The SMILES string of the molecule is CCc1cc(CC)c(S(=O)O)c(CC)c1.[LiH]. The number of hydrogen-bond donors (Lipinski definition) is 1. The minimum atomic E-state index is -1.86. The molecule has 1 aromatic carbocycles. The van der Waals surface area contributed by atoms with Gasteiger partial charge in [0.25, 0.3) is 0 Å². The minimum absolute atomic E-state index is 0. The summed E-state index contributed by atoms with van der Waals surface area (Å²) in [4.78, 5) is 0.622. The van der Waals surface area contributed by atoms with Gasteiger partial charge in [-0.2, -0.15) is 0 Å². The third-order valence-corrected chi connectivity index (χ3v) is 3.52. The normalized spacial score (nSPS) is 12.0. The molecule has 0 aliphatic heterocycles. The molecule has 0 saturated heterocycles. The summed E-state index contributed by atoms with van der Waals surface area (Å²) in [6.45, 7) is 6.14. The van der Waals surface area contributed by atoms with Crippen LogP contribution in [0.3, 0.4) is 0 Å². The molecule has 16 heavy (non-hydrogen) atoms. The van der Waals surface area contributed by atoms with Crippen molar-refractivity contribution in [3.63, 3.8) is 0 Å². The van der Waals surface area contributed by atoms with E-state index < -0.39 is 11.1 Å². The maximum absolute atomic E-state index is 11.3. The average molecular weight is 234 g/mol. The van der Waals surface area contributed by atoms with Gasteiger partial charge in [-0.15, -0.1) is 0 Å². The van der Waals surface area contributed by atoms with Crippen molar-refractivity contribution in [2.24, 2.45) is 0 Å². The summed E-state index contributed by atoms with van der Waals surface area (Å²) in [7, 11) is 0. The Morgan fingerprint density at radius 2 is 1.50 bits per heavy atom. The van der Waals surface area contributed by atoms with Crippen LogP contribution in [-0.4, -0.2) is 27.6 Å². The summed E-state index contributed by atoms with van der Waals surface area (Å²) >= 11 is -1.86. The topological polar surface area (TPSA) is 37.3 Å². The summed E-state index contributed by atoms with van der Waals surface area (Å²) in [5.41, 5.74) is 3.26. The van der Waals surface area contributed by atoms with Crippen molar-refractivity contribution < 1.29 is 8.76 Å².